The molecule has 0 aliphatic carbocycles. The Bertz CT molecular complexity index is 276. The lowest BCUT2D eigenvalue weighted by molar-refractivity contribution is 0.326. The van der Waals surface area contributed by atoms with E-state index in [0.717, 1.165) is 10.2 Å². The van der Waals surface area contributed by atoms with Crippen molar-refractivity contribution < 1.29 is 4.74 Å². The van der Waals surface area contributed by atoms with Gasteiger partial charge in [-0.2, -0.15) is 5.26 Å². The van der Waals surface area contributed by atoms with Crippen LogP contribution in [0.5, 0.6) is 5.75 Å². The molecule has 0 saturated heterocycles. The van der Waals surface area contributed by atoms with Gasteiger partial charge in [0.15, 0.2) is 0 Å². The SMILES string of the molecule is N#CCCOc1ccc(Br)cc1. The monoisotopic (exact) mass is 225 g/mol. The first-order valence-electron chi connectivity index (χ1n) is 3.58. The Morgan fingerprint density at radius 2 is 2.00 bits per heavy atom. The van der Waals surface area contributed by atoms with Crippen LogP contribution in [0.25, 0.3) is 0 Å². The van der Waals surface area contributed by atoms with E-state index in [0.29, 0.717) is 13.0 Å². The average Bonchev–Trinajstić information content (AvgIpc) is 2.09. The van der Waals surface area contributed by atoms with Gasteiger partial charge in [-0.05, 0) is 24.3 Å². The minimum Gasteiger partial charge on any atom is -0.493 e. The summed E-state index contributed by atoms with van der Waals surface area (Å²) >= 11 is 3.32. The summed E-state index contributed by atoms with van der Waals surface area (Å²) in [6.07, 6.45) is 0.427. The second-order valence-electron chi connectivity index (χ2n) is 2.21. The van der Waals surface area contributed by atoms with Gasteiger partial charge in [-0.15, -0.1) is 0 Å². The first-order chi connectivity index (χ1) is 5.83. The Hall–Kier alpha value is -1.01. The molecule has 1 rings (SSSR count). The van der Waals surface area contributed by atoms with Crippen molar-refractivity contribution >= 4 is 15.9 Å². The number of nitriles is 1. The lowest BCUT2D eigenvalue weighted by Crippen LogP contribution is -1.94. The molecule has 0 heterocycles. The summed E-state index contributed by atoms with van der Waals surface area (Å²) in [5, 5.41) is 8.25. The quantitative estimate of drug-likeness (QED) is 0.742. The maximum Gasteiger partial charge on any atom is 0.119 e. The van der Waals surface area contributed by atoms with Crippen molar-refractivity contribution in [1.29, 1.82) is 5.26 Å². The van der Waals surface area contributed by atoms with Gasteiger partial charge in [0.05, 0.1) is 12.5 Å². The molecule has 1 aromatic rings. The standard InChI is InChI=1S/C9H8BrNO/c10-8-2-4-9(5-3-8)12-7-1-6-11/h2-5H,1,7H2. The molecule has 0 spiro atoms. The van der Waals surface area contributed by atoms with E-state index in [4.69, 9.17) is 10.00 Å². The summed E-state index contributed by atoms with van der Waals surface area (Å²) in [6.45, 7) is 0.456. The molecule has 0 aliphatic heterocycles. The Kier molecular flexibility index (Phi) is 3.62. The van der Waals surface area contributed by atoms with E-state index in [9.17, 15) is 0 Å². The van der Waals surface area contributed by atoms with Crippen molar-refractivity contribution in [3.63, 3.8) is 0 Å². The van der Waals surface area contributed by atoms with Gasteiger partial charge in [-0.25, -0.2) is 0 Å². The summed E-state index contributed by atoms with van der Waals surface area (Å²) in [4.78, 5) is 0. The van der Waals surface area contributed by atoms with Crippen LogP contribution in [0.15, 0.2) is 28.7 Å². The van der Waals surface area contributed by atoms with Crippen LogP contribution in [0.1, 0.15) is 6.42 Å². The zero-order chi connectivity index (χ0) is 8.81. The number of hydrogen-bond acceptors (Lipinski definition) is 2. The van der Waals surface area contributed by atoms with Crippen LogP contribution in [0.3, 0.4) is 0 Å². The van der Waals surface area contributed by atoms with Gasteiger partial charge in [0.2, 0.25) is 0 Å². The Morgan fingerprint density at radius 1 is 1.33 bits per heavy atom. The van der Waals surface area contributed by atoms with E-state index in [1.54, 1.807) is 0 Å². The predicted octanol–water partition coefficient (Wildman–Crippen LogP) is 2.74. The Balaban J connectivity index is 2.43. The van der Waals surface area contributed by atoms with Crippen LogP contribution in [-0.4, -0.2) is 6.61 Å². The number of ether oxygens (including phenoxy) is 1. The van der Waals surface area contributed by atoms with Crippen LogP contribution < -0.4 is 4.74 Å². The van der Waals surface area contributed by atoms with Crippen LogP contribution in [0.2, 0.25) is 0 Å². The Morgan fingerprint density at radius 3 is 2.58 bits per heavy atom. The topological polar surface area (TPSA) is 33.0 Å². The molecule has 0 bridgehead atoms. The fourth-order valence-corrected chi connectivity index (χ4v) is 1.01. The van der Waals surface area contributed by atoms with E-state index >= 15 is 0 Å². The fraction of sp³-hybridized carbons (Fsp3) is 0.222. The van der Waals surface area contributed by atoms with Crippen LogP contribution in [0.4, 0.5) is 0 Å². The largest absolute Gasteiger partial charge is 0.493 e. The fourth-order valence-electron chi connectivity index (χ4n) is 0.745. The third-order valence-electron chi connectivity index (χ3n) is 1.30. The summed E-state index contributed by atoms with van der Waals surface area (Å²) in [6, 6.07) is 9.55. The zero-order valence-corrected chi connectivity index (χ0v) is 8.04. The molecule has 0 unspecified atom stereocenters. The minimum atomic E-state index is 0.427. The molecule has 0 aromatic heterocycles. The Labute approximate surface area is 79.9 Å². The molecule has 62 valence electrons. The predicted molar refractivity (Wildman–Crippen MR) is 49.9 cm³/mol. The second-order valence-corrected chi connectivity index (χ2v) is 3.13. The first kappa shape index (κ1) is 9.08. The van der Waals surface area contributed by atoms with Gasteiger partial charge in [0.1, 0.15) is 12.4 Å². The maximum atomic E-state index is 8.25. The number of hydrogen-bond donors (Lipinski definition) is 0. The van der Waals surface area contributed by atoms with Gasteiger partial charge in [0, 0.05) is 4.47 Å². The van der Waals surface area contributed by atoms with Gasteiger partial charge in [-0.1, -0.05) is 15.9 Å². The molecule has 0 aliphatic rings. The third kappa shape index (κ3) is 2.93. The highest BCUT2D eigenvalue weighted by atomic mass is 79.9. The van der Waals surface area contributed by atoms with E-state index in [-0.39, 0.29) is 0 Å². The highest BCUT2D eigenvalue weighted by molar-refractivity contribution is 9.10. The molecule has 0 fully saturated rings. The van der Waals surface area contributed by atoms with Gasteiger partial charge in [0.25, 0.3) is 0 Å². The average molecular weight is 226 g/mol. The molecule has 3 heteroatoms. The van der Waals surface area contributed by atoms with Crippen molar-refractivity contribution in [3.05, 3.63) is 28.7 Å². The molecule has 1 aromatic carbocycles. The molecule has 12 heavy (non-hydrogen) atoms. The van der Waals surface area contributed by atoms with Gasteiger partial charge >= 0.3 is 0 Å². The van der Waals surface area contributed by atoms with E-state index < -0.39 is 0 Å². The molecule has 0 atom stereocenters. The summed E-state index contributed by atoms with van der Waals surface area (Å²) < 4.78 is 6.28. The third-order valence-corrected chi connectivity index (χ3v) is 1.82. The van der Waals surface area contributed by atoms with Crippen LogP contribution in [0, 0.1) is 11.3 Å². The molecule has 0 saturated carbocycles. The molecule has 0 N–H and O–H groups in total. The van der Waals surface area contributed by atoms with Crippen LogP contribution in [-0.2, 0) is 0 Å². The molecule has 0 amide bonds. The highest BCUT2D eigenvalue weighted by Crippen LogP contribution is 2.15. The number of benzene rings is 1. The smallest absolute Gasteiger partial charge is 0.119 e. The number of halogens is 1. The maximum absolute atomic E-state index is 8.25. The normalized spacial score (nSPS) is 9.00. The zero-order valence-electron chi connectivity index (χ0n) is 6.46. The van der Waals surface area contributed by atoms with Gasteiger partial charge in [-0.3, -0.25) is 0 Å². The van der Waals surface area contributed by atoms with E-state index in [1.807, 2.05) is 30.3 Å². The van der Waals surface area contributed by atoms with E-state index in [2.05, 4.69) is 15.9 Å². The summed E-state index contributed by atoms with van der Waals surface area (Å²) in [7, 11) is 0. The van der Waals surface area contributed by atoms with Crippen molar-refractivity contribution in [2.24, 2.45) is 0 Å². The minimum absolute atomic E-state index is 0.427. The lowest BCUT2D eigenvalue weighted by atomic mass is 10.3. The molecule has 2 nitrogen and oxygen atoms in total. The summed E-state index contributed by atoms with van der Waals surface area (Å²) in [5.74, 6) is 0.799. The number of rotatable bonds is 3. The first-order valence-corrected chi connectivity index (χ1v) is 4.37. The highest BCUT2D eigenvalue weighted by Gasteiger charge is 1.91. The van der Waals surface area contributed by atoms with E-state index in [1.165, 1.54) is 0 Å². The van der Waals surface area contributed by atoms with Crippen molar-refractivity contribution in [2.45, 2.75) is 6.42 Å². The molecular formula is C9H8BrNO. The molecule has 0 radical (unpaired) electrons. The van der Waals surface area contributed by atoms with Crippen molar-refractivity contribution in [3.8, 4) is 11.8 Å². The second kappa shape index (κ2) is 4.78. The number of nitrogens with zero attached hydrogens (tertiary/aromatic N) is 1. The van der Waals surface area contributed by atoms with Crippen molar-refractivity contribution in [1.82, 2.24) is 0 Å². The van der Waals surface area contributed by atoms with Gasteiger partial charge < -0.3 is 4.74 Å². The van der Waals surface area contributed by atoms with Crippen molar-refractivity contribution in [2.75, 3.05) is 6.61 Å². The summed E-state index contributed by atoms with van der Waals surface area (Å²) in [5.41, 5.74) is 0. The molecular weight excluding hydrogens is 218 g/mol. The van der Waals surface area contributed by atoms with Crippen LogP contribution >= 0.6 is 15.9 Å². The lowest BCUT2D eigenvalue weighted by Gasteiger charge is -2.02.